The highest BCUT2D eigenvalue weighted by Crippen LogP contribution is 2.28. The van der Waals surface area contributed by atoms with E-state index in [0.29, 0.717) is 6.54 Å². The van der Waals surface area contributed by atoms with E-state index in [2.05, 4.69) is 11.4 Å². The van der Waals surface area contributed by atoms with E-state index in [4.69, 9.17) is 0 Å². The average Bonchev–Trinajstić information content (AvgIpc) is 2.63. The second-order valence-corrected chi connectivity index (χ2v) is 4.37. The number of rotatable bonds is 2. The van der Waals surface area contributed by atoms with Crippen LogP contribution in [0.15, 0.2) is 23.6 Å². The molecule has 0 spiro atoms. The average molecular weight is 219 g/mol. The third kappa shape index (κ3) is 1.75. The fourth-order valence-corrected chi connectivity index (χ4v) is 2.70. The second kappa shape index (κ2) is 4.03. The van der Waals surface area contributed by atoms with Crippen LogP contribution in [0, 0.1) is 6.92 Å². The Balaban J connectivity index is 2.57. The SMILES string of the molecule is CCNC(=O)c1csc2cccc(C)c12. The lowest BCUT2D eigenvalue weighted by atomic mass is 10.1. The molecular weight excluding hydrogens is 206 g/mol. The van der Waals surface area contributed by atoms with Crippen molar-refractivity contribution in [1.29, 1.82) is 0 Å². The van der Waals surface area contributed by atoms with Gasteiger partial charge in [0.25, 0.3) is 5.91 Å². The monoisotopic (exact) mass is 219 g/mol. The van der Waals surface area contributed by atoms with Gasteiger partial charge in [0.05, 0.1) is 5.56 Å². The minimum absolute atomic E-state index is 0.0260. The molecule has 15 heavy (non-hydrogen) atoms. The van der Waals surface area contributed by atoms with Crippen molar-refractivity contribution in [3.05, 3.63) is 34.7 Å². The highest BCUT2D eigenvalue weighted by atomic mass is 32.1. The summed E-state index contributed by atoms with van der Waals surface area (Å²) >= 11 is 1.62. The van der Waals surface area contributed by atoms with Gasteiger partial charge in [0.1, 0.15) is 0 Å². The summed E-state index contributed by atoms with van der Waals surface area (Å²) in [6.07, 6.45) is 0. The number of nitrogens with one attached hydrogen (secondary N) is 1. The number of hydrogen-bond donors (Lipinski definition) is 1. The molecule has 0 radical (unpaired) electrons. The maximum atomic E-state index is 11.8. The highest BCUT2D eigenvalue weighted by Gasteiger charge is 2.12. The number of fused-ring (bicyclic) bond motifs is 1. The van der Waals surface area contributed by atoms with Crippen LogP contribution in [0.3, 0.4) is 0 Å². The molecule has 3 heteroatoms. The van der Waals surface area contributed by atoms with Crippen LogP contribution in [0.2, 0.25) is 0 Å². The number of thiophene rings is 1. The Morgan fingerprint density at radius 2 is 2.27 bits per heavy atom. The minimum Gasteiger partial charge on any atom is -0.352 e. The summed E-state index contributed by atoms with van der Waals surface area (Å²) in [6, 6.07) is 6.11. The predicted molar refractivity (Wildman–Crippen MR) is 64.6 cm³/mol. The van der Waals surface area contributed by atoms with Gasteiger partial charge < -0.3 is 5.32 Å². The van der Waals surface area contributed by atoms with Crippen LogP contribution in [-0.2, 0) is 0 Å². The molecule has 0 aliphatic carbocycles. The Hall–Kier alpha value is -1.35. The van der Waals surface area contributed by atoms with Gasteiger partial charge in [-0.15, -0.1) is 11.3 Å². The maximum Gasteiger partial charge on any atom is 0.252 e. The van der Waals surface area contributed by atoms with Gasteiger partial charge in [-0.05, 0) is 25.5 Å². The first-order valence-corrected chi connectivity index (χ1v) is 5.87. The smallest absolute Gasteiger partial charge is 0.252 e. The normalized spacial score (nSPS) is 10.5. The van der Waals surface area contributed by atoms with Gasteiger partial charge in [0.15, 0.2) is 0 Å². The molecule has 0 bridgehead atoms. The highest BCUT2D eigenvalue weighted by molar-refractivity contribution is 7.17. The van der Waals surface area contributed by atoms with E-state index in [1.807, 2.05) is 31.4 Å². The number of carbonyl (C=O) groups excluding carboxylic acids is 1. The Bertz CT molecular complexity index is 501. The maximum absolute atomic E-state index is 11.8. The molecular formula is C12H13NOS. The van der Waals surface area contributed by atoms with E-state index < -0.39 is 0 Å². The van der Waals surface area contributed by atoms with Crippen molar-refractivity contribution in [2.24, 2.45) is 0 Å². The van der Waals surface area contributed by atoms with Gasteiger partial charge in [-0.3, -0.25) is 4.79 Å². The molecule has 1 N–H and O–H groups in total. The number of carbonyl (C=O) groups is 1. The molecule has 0 saturated heterocycles. The molecule has 2 rings (SSSR count). The zero-order chi connectivity index (χ0) is 10.8. The van der Waals surface area contributed by atoms with Crippen LogP contribution in [0.25, 0.3) is 10.1 Å². The summed E-state index contributed by atoms with van der Waals surface area (Å²) in [4.78, 5) is 11.8. The fraction of sp³-hybridized carbons (Fsp3) is 0.250. The van der Waals surface area contributed by atoms with E-state index in [0.717, 1.165) is 16.5 Å². The summed E-state index contributed by atoms with van der Waals surface area (Å²) in [5.74, 6) is 0.0260. The van der Waals surface area contributed by atoms with Crippen LogP contribution in [-0.4, -0.2) is 12.5 Å². The Kier molecular flexibility index (Phi) is 2.73. The van der Waals surface area contributed by atoms with E-state index in [1.54, 1.807) is 11.3 Å². The van der Waals surface area contributed by atoms with Crippen molar-refractivity contribution in [3.63, 3.8) is 0 Å². The van der Waals surface area contributed by atoms with Crippen molar-refractivity contribution in [2.45, 2.75) is 13.8 Å². The first-order valence-electron chi connectivity index (χ1n) is 4.99. The lowest BCUT2D eigenvalue weighted by Gasteiger charge is -2.02. The summed E-state index contributed by atoms with van der Waals surface area (Å²) in [6.45, 7) is 4.64. The topological polar surface area (TPSA) is 29.1 Å². The summed E-state index contributed by atoms with van der Waals surface area (Å²) in [5, 5.41) is 5.86. The molecule has 0 aliphatic rings. The molecule has 2 nitrogen and oxygen atoms in total. The Morgan fingerprint density at radius 1 is 1.47 bits per heavy atom. The number of hydrogen-bond acceptors (Lipinski definition) is 2. The van der Waals surface area contributed by atoms with Crippen LogP contribution in [0.1, 0.15) is 22.8 Å². The number of amides is 1. The van der Waals surface area contributed by atoms with Gasteiger partial charge in [0.2, 0.25) is 0 Å². The van der Waals surface area contributed by atoms with Crippen molar-refractivity contribution in [2.75, 3.05) is 6.54 Å². The molecule has 78 valence electrons. The summed E-state index contributed by atoms with van der Waals surface area (Å²) in [5.41, 5.74) is 1.96. The minimum atomic E-state index is 0.0260. The molecule has 2 aromatic rings. The van der Waals surface area contributed by atoms with E-state index in [-0.39, 0.29) is 5.91 Å². The summed E-state index contributed by atoms with van der Waals surface area (Å²) in [7, 11) is 0. The molecule has 0 fully saturated rings. The molecule has 0 aliphatic heterocycles. The van der Waals surface area contributed by atoms with Crippen LogP contribution in [0.4, 0.5) is 0 Å². The lowest BCUT2D eigenvalue weighted by molar-refractivity contribution is 0.0958. The Morgan fingerprint density at radius 3 is 3.00 bits per heavy atom. The van der Waals surface area contributed by atoms with Gasteiger partial charge in [-0.1, -0.05) is 12.1 Å². The van der Waals surface area contributed by atoms with Crippen molar-refractivity contribution >= 4 is 27.3 Å². The van der Waals surface area contributed by atoms with Crippen LogP contribution in [0.5, 0.6) is 0 Å². The van der Waals surface area contributed by atoms with Crippen molar-refractivity contribution < 1.29 is 4.79 Å². The van der Waals surface area contributed by atoms with E-state index in [9.17, 15) is 4.79 Å². The first-order chi connectivity index (χ1) is 7.24. The molecule has 0 saturated carbocycles. The van der Waals surface area contributed by atoms with Gasteiger partial charge in [-0.2, -0.15) is 0 Å². The third-order valence-electron chi connectivity index (χ3n) is 2.39. The molecule has 1 aromatic carbocycles. The van der Waals surface area contributed by atoms with Crippen molar-refractivity contribution in [1.82, 2.24) is 5.32 Å². The summed E-state index contributed by atoms with van der Waals surface area (Å²) < 4.78 is 1.18. The predicted octanol–water partition coefficient (Wildman–Crippen LogP) is 2.96. The van der Waals surface area contributed by atoms with E-state index in [1.165, 1.54) is 4.70 Å². The Labute approximate surface area is 92.9 Å². The molecule has 0 unspecified atom stereocenters. The fourth-order valence-electron chi connectivity index (χ4n) is 1.69. The largest absolute Gasteiger partial charge is 0.352 e. The molecule has 1 heterocycles. The van der Waals surface area contributed by atoms with Gasteiger partial charge in [0, 0.05) is 22.0 Å². The zero-order valence-corrected chi connectivity index (χ0v) is 9.65. The first kappa shape index (κ1) is 10.2. The van der Waals surface area contributed by atoms with Gasteiger partial charge in [-0.25, -0.2) is 0 Å². The second-order valence-electron chi connectivity index (χ2n) is 3.46. The lowest BCUT2D eigenvalue weighted by Crippen LogP contribution is -2.22. The van der Waals surface area contributed by atoms with Gasteiger partial charge >= 0.3 is 0 Å². The molecule has 1 aromatic heterocycles. The zero-order valence-electron chi connectivity index (χ0n) is 8.83. The van der Waals surface area contributed by atoms with E-state index >= 15 is 0 Å². The van der Waals surface area contributed by atoms with Crippen LogP contribution < -0.4 is 5.32 Å². The number of aryl methyl sites for hydroxylation is 1. The third-order valence-corrected chi connectivity index (χ3v) is 3.34. The standard InChI is InChI=1S/C12H13NOS/c1-3-13-12(14)9-7-15-10-6-4-5-8(2)11(9)10/h4-7H,3H2,1-2H3,(H,13,14). The molecule has 1 amide bonds. The van der Waals surface area contributed by atoms with Crippen LogP contribution >= 0.6 is 11.3 Å². The molecule has 0 atom stereocenters. The number of benzene rings is 1. The van der Waals surface area contributed by atoms with Crippen molar-refractivity contribution in [3.8, 4) is 0 Å². The quantitative estimate of drug-likeness (QED) is 0.826.